The van der Waals surface area contributed by atoms with Crippen molar-refractivity contribution >= 4 is 10.1 Å². The number of nitrogens with zero attached hydrogens (tertiary/aromatic N) is 1. The molecule has 1 heterocycles. The minimum atomic E-state index is -3.57. The van der Waals surface area contributed by atoms with Crippen LogP contribution in [0.3, 0.4) is 0 Å². The fourth-order valence-electron chi connectivity index (χ4n) is 3.53. The van der Waals surface area contributed by atoms with Gasteiger partial charge in [0.2, 0.25) is 0 Å². The average molecular weight is 456 g/mol. The Morgan fingerprint density at radius 2 is 1.45 bits per heavy atom. The van der Waals surface area contributed by atoms with Gasteiger partial charge in [0, 0.05) is 39.3 Å². The molecule has 0 spiro atoms. The third kappa shape index (κ3) is 14.6. The molecular formula is C24H45N3O3S. The summed E-state index contributed by atoms with van der Waals surface area (Å²) in [6, 6.07) is 8.33. The Morgan fingerprint density at radius 1 is 0.903 bits per heavy atom. The summed E-state index contributed by atoms with van der Waals surface area (Å²) in [5.74, 6) is 0. The maximum atomic E-state index is 11.9. The third-order valence-corrected chi connectivity index (χ3v) is 6.75. The molecule has 1 aromatic carbocycles. The van der Waals surface area contributed by atoms with Crippen molar-refractivity contribution in [2.24, 2.45) is 5.73 Å². The van der Waals surface area contributed by atoms with Gasteiger partial charge in [0.15, 0.2) is 0 Å². The van der Waals surface area contributed by atoms with Crippen molar-refractivity contribution in [1.82, 2.24) is 10.2 Å². The van der Waals surface area contributed by atoms with Crippen LogP contribution < -0.4 is 11.1 Å². The Morgan fingerprint density at radius 3 is 2.00 bits per heavy atom. The van der Waals surface area contributed by atoms with E-state index in [0.29, 0.717) is 0 Å². The summed E-state index contributed by atoms with van der Waals surface area (Å²) in [6.07, 6.45) is 12.3. The van der Waals surface area contributed by atoms with Gasteiger partial charge in [-0.3, -0.25) is 9.08 Å². The lowest BCUT2D eigenvalue weighted by atomic mass is 10.1. The Kier molecular flexibility index (Phi) is 16.8. The van der Waals surface area contributed by atoms with E-state index < -0.39 is 10.1 Å². The van der Waals surface area contributed by atoms with Crippen molar-refractivity contribution in [3.8, 4) is 0 Å². The molecule has 6 nitrogen and oxygen atoms in total. The van der Waals surface area contributed by atoms with Gasteiger partial charge in [0.05, 0.1) is 11.5 Å². The number of piperazine rings is 1. The first kappa shape index (κ1) is 28.0. The van der Waals surface area contributed by atoms with Crippen molar-refractivity contribution < 1.29 is 12.6 Å². The molecule has 31 heavy (non-hydrogen) atoms. The van der Waals surface area contributed by atoms with Crippen LogP contribution in [0.1, 0.15) is 71.1 Å². The van der Waals surface area contributed by atoms with Gasteiger partial charge in [-0.2, -0.15) is 8.42 Å². The quantitative estimate of drug-likeness (QED) is 0.305. The molecule has 0 radical (unpaired) electrons. The van der Waals surface area contributed by atoms with Crippen LogP contribution in [-0.2, 0) is 14.3 Å². The van der Waals surface area contributed by atoms with Crippen molar-refractivity contribution in [2.45, 2.75) is 76.0 Å². The molecule has 0 aromatic heterocycles. The second kappa shape index (κ2) is 18.6. The Balaban J connectivity index is 0.000000442. The second-order valence-corrected chi connectivity index (χ2v) is 9.77. The average Bonchev–Trinajstić information content (AvgIpc) is 2.79. The lowest BCUT2D eigenvalue weighted by molar-refractivity contribution is 0.247. The normalized spacial score (nSPS) is 14.8. The summed E-state index contributed by atoms with van der Waals surface area (Å²) in [5, 5.41) is 3.29. The monoisotopic (exact) mass is 455 g/mol. The summed E-state index contributed by atoms with van der Waals surface area (Å²) >= 11 is 0. The van der Waals surface area contributed by atoms with Gasteiger partial charge in [0.25, 0.3) is 10.1 Å². The number of hydrogen-bond acceptors (Lipinski definition) is 6. The largest absolute Gasteiger partial charge is 0.329 e. The van der Waals surface area contributed by atoms with Crippen LogP contribution in [0.4, 0.5) is 0 Å². The van der Waals surface area contributed by atoms with E-state index in [1.807, 2.05) is 0 Å². The topological polar surface area (TPSA) is 84.7 Å². The van der Waals surface area contributed by atoms with Gasteiger partial charge in [-0.25, -0.2) is 0 Å². The number of nitrogens with two attached hydrogens (primary N) is 1. The molecule has 3 N–H and O–H groups in total. The predicted octanol–water partition coefficient (Wildman–Crippen LogP) is 4.16. The number of benzene rings is 1. The third-order valence-electron chi connectivity index (χ3n) is 5.42. The maximum absolute atomic E-state index is 11.9. The highest BCUT2D eigenvalue weighted by Crippen LogP contribution is 2.13. The van der Waals surface area contributed by atoms with Crippen molar-refractivity contribution in [1.29, 1.82) is 0 Å². The van der Waals surface area contributed by atoms with E-state index in [1.54, 1.807) is 30.3 Å². The molecule has 0 amide bonds. The first-order valence-electron chi connectivity index (χ1n) is 12.2. The molecule has 2 rings (SSSR count). The first-order chi connectivity index (χ1) is 15.1. The maximum Gasteiger partial charge on any atom is 0.296 e. The molecule has 0 bridgehead atoms. The van der Waals surface area contributed by atoms with Gasteiger partial charge >= 0.3 is 0 Å². The summed E-state index contributed by atoms with van der Waals surface area (Å²) in [7, 11) is -3.57. The summed E-state index contributed by atoms with van der Waals surface area (Å²) in [6.45, 7) is 8.95. The van der Waals surface area contributed by atoms with Crippen LogP contribution in [0, 0.1) is 0 Å². The highest BCUT2D eigenvalue weighted by Gasteiger charge is 2.13. The van der Waals surface area contributed by atoms with E-state index in [9.17, 15) is 8.42 Å². The van der Waals surface area contributed by atoms with Crippen LogP contribution in [0.25, 0.3) is 0 Å². The molecule has 0 saturated carbocycles. The van der Waals surface area contributed by atoms with Gasteiger partial charge in [0.1, 0.15) is 0 Å². The van der Waals surface area contributed by atoms with Gasteiger partial charge < -0.3 is 11.1 Å². The van der Waals surface area contributed by atoms with E-state index >= 15 is 0 Å². The van der Waals surface area contributed by atoms with E-state index in [4.69, 9.17) is 9.92 Å². The Bertz CT molecular complexity index is 617. The minimum absolute atomic E-state index is 0.238. The molecule has 1 fully saturated rings. The fourth-order valence-corrected chi connectivity index (χ4v) is 4.49. The molecule has 0 unspecified atom stereocenters. The highest BCUT2D eigenvalue weighted by atomic mass is 32.2. The fraction of sp³-hybridized carbons (Fsp3) is 0.750. The molecule has 1 aromatic rings. The van der Waals surface area contributed by atoms with E-state index in [-0.39, 0.29) is 11.5 Å². The number of rotatable bonds is 15. The summed E-state index contributed by atoms with van der Waals surface area (Å²) in [4.78, 5) is 2.62. The number of hydrogen-bond donors (Lipinski definition) is 2. The van der Waals surface area contributed by atoms with Crippen molar-refractivity contribution in [3.63, 3.8) is 0 Å². The van der Waals surface area contributed by atoms with E-state index in [1.165, 1.54) is 51.4 Å². The Labute approximate surface area is 191 Å². The van der Waals surface area contributed by atoms with Gasteiger partial charge in [-0.1, -0.05) is 82.9 Å². The molecule has 0 atom stereocenters. The molecular weight excluding hydrogens is 410 g/mol. The van der Waals surface area contributed by atoms with Crippen molar-refractivity contribution in [2.75, 3.05) is 45.9 Å². The molecule has 180 valence electrons. The lowest BCUT2D eigenvalue weighted by Gasteiger charge is -2.26. The molecule has 1 aliphatic heterocycles. The SMILES string of the molecule is CCCCCCCCCCCCOS(=O)(=O)c1ccccc1.NCCN1CCNCC1. The Hall–Kier alpha value is -0.990. The molecule has 7 heteroatoms. The lowest BCUT2D eigenvalue weighted by Crippen LogP contribution is -2.45. The standard InChI is InChI=1S/C18H30O3S.C6H15N3/c1-2-3-4-5-6-7-8-9-10-14-17-21-22(19,20)18-15-12-11-13-16-18;7-1-4-9-5-2-8-3-6-9/h11-13,15-16H,2-10,14,17H2,1H3;8H,1-7H2. The van der Waals surface area contributed by atoms with E-state index in [2.05, 4.69) is 17.1 Å². The smallest absolute Gasteiger partial charge is 0.296 e. The van der Waals surface area contributed by atoms with Crippen LogP contribution >= 0.6 is 0 Å². The second-order valence-electron chi connectivity index (χ2n) is 8.15. The predicted molar refractivity (Wildman–Crippen MR) is 130 cm³/mol. The molecule has 1 aliphatic rings. The number of nitrogens with one attached hydrogen (secondary N) is 1. The zero-order valence-corrected chi connectivity index (χ0v) is 20.4. The van der Waals surface area contributed by atoms with Crippen LogP contribution in [0.5, 0.6) is 0 Å². The summed E-state index contributed by atoms with van der Waals surface area (Å²) in [5.41, 5.74) is 5.40. The highest BCUT2D eigenvalue weighted by molar-refractivity contribution is 7.86. The van der Waals surface area contributed by atoms with Gasteiger partial charge in [-0.05, 0) is 18.6 Å². The zero-order chi connectivity index (χ0) is 22.6. The number of unbranched alkanes of at least 4 members (excludes halogenated alkanes) is 9. The van der Waals surface area contributed by atoms with Crippen LogP contribution in [-0.4, -0.2) is 59.2 Å². The van der Waals surface area contributed by atoms with E-state index in [0.717, 1.165) is 52.1 Å². The first-order valence-corrected chi connectivity index (χ1v) is 13.6. The minimum Gasteiger partial charge on any atom is -0.329 e. The van der Waals surface area contributed by atoms with Crippen LogP contribution in [0.2, 0.25) is 0 Å². The van der Waals surface area contributed by atoms with Gasteiger partial charge in [-0.15, -0.1) is 0 Å². The zero-order valence-electron chi connectivity index (χ0n) is 19.6. The van der Waals surface area contributed by atoms with Crippen molar-refractivity contribution in [3.05, 3.63) is 30.3 Å². The molecule has 1 saturated heterocycles. The summed E-state index contributed by atoms with van der Waals surface area (Å²) < 4.78 is 28.8. The van der Waals surface area contributed by atoms with Crippen LogP contribution in [0.15, 0.2) is 35.2 Å². The molecule has 0 aliphatic carbocycles.